The van der Waals surface area contributed by atoms with E-state index >= 15 is 0 Å². The predicted molar refractivity (Wildman–Crippen MR) is 84.5 cm³/mol. The number of carbonyl (C=O) groups excluding carboxylic acids is 1. The van der Waals surface area contributed by atoms with Crippen molar-refractivity contribution < 1.29 is 19.7 Å². The van der Waals surface area contributed by atoms with Gasteiger partial charge in [-0.05, 0) is 19.4 Å². The lowest BCUT2D eigenvalue weighted by Gasteiger charge is -2.22. The van der Waals surface area contributed by atoms with Gasteiger partial charge in [-0.25, -0.2) is 14.8 Å². The summed E-state index contributed by atoms with van der Waals surface area (Å²) in [6, 6.07) is 0. The van der Waals surface area contributed by atoms with Gasteiger partial charge in [0.05, 0.1) is 25.2 Å². The Labute approximate surface area is 132 Å². The first-order chi connectivity index (χ1) is 10.6. The SMILES string of the molecule is CCOC(=O)c1sc2ncnc(N(CCO)CCO)c2c1C. The fraction of sp³-hybridized carbons (Fsp3) is 0.500. The van der Waals surface area contributed by atoms with E-state index in [0.717, 1.165) is 10.9 Å². The van der Waals surface area contributed by atoms with Crippen LogP contribution in [0.5, 0.6) is 0 Å². The van der Waals surface area contributed by atoms with Gasteiger partial charge in [0.25, 0.3) is 0 Å². The second kappa shape index (κ2) is 7.48. The number of anilines is 1. The Bertz CT molecular complexity index is 653. The van der Waals surface area contributed by atoms with Crippen molar-refractivity contribution in [1.29, 1.82) is 0 Å². The van der Waals surface area contributed by atoms with E-state index in [1.54, 1.807) is 11.8 Å². The van der Waals surface area contributed by atoms with Gasteiger partial charge in [-0.2, -0.15) is 0 Å². The van der Waals surface area contributed by atoms with Crippen LogP contribution in [0, 0.1) is 6.92 Å². The zero-order chi connectivity index (χ0) is 16.1. The zero-order valence-corrected chi connectivity index (χ0v) is 13.4. The van der Waals surface area contributed by atoms with Gasteiger partial charge in [-0.15, -0.1) is 11.3 Å². The standard InChI is InChI=1S/C14H19N3O4S/c1-3-21-14(20)11-9(2)10-12(15-8-16-13(10)22-11)17(4-6-18)5-7-19/h8,18-19H,3-7H2,1-2H3. The molecule has 2 aromatic rings. The molecule has 2 rings (SSSR count). The Morgan fingerprint density at radius 2 is 2.00 bits per heavy atom. The molecule has 2 heterocycles. The quantitative estimate of drug-likeness (QED) is 0.732. The van der Waals surface area contributed by atoms with Crippen molar-refractivity contribution in [2.24, 2.45) is 0 Å². The van der Waals surface area contributed by atoms with Gasteiger partial charge in [0.1, 0.15) is 21.9 Å². The number of aromatic nitrogens is 2. The average Bonchev–Trinajstić information content (AvgIpc) is 2.85. The van der Waals surface area contributed by atoms with Crippen molar-refractivity contribution in [2.45, 2.75) is 13.8 Å². The van der Waals surface area contributed by atoms with Crippen molar-refractivity contribution in [3.63, 3.8) is 0 Å². The Morgan fingerprint density at radius 1 is 1.32 bits per heavy atom. The third kappa shape index (κ3) is 3.18. The summed E-state index contributed by atoms with van der Waals surface area (Å²) in [5, 5.41) is 19.1. The predicted octanol–water partition coefficient (Wildman–Crippen LogP) is 0.967. The fourth-order valence-corrected chi connectivity index (χ4v) is 3.29. The van der Waals surface area contributed by atoms with Crippen molar-refractivity contribution >= 4 is 33.3 Å². The summed E-state index contributed by atoms with van der Waals surface area (Å²) >= 11 is 1.26. The molecule has 0 saturated carbocycles. The zero-order valence-electron chi connectivity index (χ0n) is 12.6. The third-order valence-corrected chi connectivity index (χ3v) is 4.39. The maximum absolute atomic E-state index is 12.0. The molecule has 2 aromatic heterocycles. The monoisotopic (exact) mass is 325 g/mol. The minimum absolute atomic E-state index is 0.0561. The molecule has 0 saturated heterocycles. The summed E-state index contributed by atoms with van der Waals surface area (Å²) in [4.78, 5) is 23.5. The number of rotatable bonds is 7. The Balaban J connectivity index is 2.54. The van der Waals surface area contributed by atoms with Crippen molar-refractivity contribution in [3.05, 3.63) is 16.8 Å². The van der Waals surface area contributed by atoms with E-state index in [-0.39, 0.29) is 19.2 Å². The van der Waals surface area contributed by atoms with Crippen LogP contribution in [0.4, 0.5) is 5.82 Å². The molecular formula is C14H19N3O4S. The summed E-state index contributed by atoms with van der Waals surface area (Å²) in [6.45, 7) is 4.47. The average molecular weight is 325 g/mol. The number of nitrogens with zero attached hydrogens (tertiary/aromatic N) is 3. The third-order valence-electron chi connectivity index (χ3n) is 3.21. The molecule has 8 heteroatoms. The molecule has 22 heavy (non-hydrogen) atoms. The van der Waals surface area contributed by atoms with E-state index in [1.165, 1.54) is 17.7 Å². The smallest absolute Gasteiger partial charge is 0.348 e. The molecular weight excluding hydrogens is 306 g/mol. The number of carbonyl (C=O) groups is 1. The lowest BCUT2D eigenvalue weighted by atomic mass is 10.2. The first-order valence-electron chi connectivity index (χ1n) is 7.01. The van der Waals surface area contributed by atoms with Gasteiger partial charge < -0.3 is 19.8 Å². The Kier molecular flexibility index (Phi) is 5.64. The largest absolute Gasteiger partial charge is 0.462 e. The molecule has 0 aliphatic rings. The topological polar surface area (TPSA) is 95.8 Å². The highest BCUT2D eigenvalue weighted by molar-refractivity contribution is 7.20. The van der Waals surface area contributed by atoms with E-state index in [4.69, 9.17) is 4.74 Å². The highest BCUT2D eigenvalue weighted by atomic mass is 32.1. The van der Waals surface area contributed by atoms with Crippen LogP contribution in [0.2, 0.25) is 0 Å². The van der Waals surface area contributed by atoms with Crippen LogP contribution in [0.15, 0.2) is 6.33 Å². The molecule has 0 fully saturated rings. The number of thiophene rings is 1. The second-order valence-corrected chi connectivity index (χ2v) is 5.59. The van der Waals surface area contributed by atoms with Crippen molar-refractivity contribution in [2.75, 3.05) is 37.8 Å². The number of hydrogen-bond acceptors (Lipinski definition) is 8. The lowest BCUT2D eigenvalue weighted by Crippen LogP contribution is -2.30. The van der Waals surface area contributed by atoms with Crippen LogP contribution in [0.1, 0.15) is 22.2 Å². The molecule has 2 N–H and O–H groups in total. The van der Waals surface area contributed by atoms with Crippen molar-refractivity contribution in [3.8, 4) is 0 Å². The molecule has 0 unspecified atom stereocenters. The first-order valence-corrected chi connectivity index (χ1v) is 7.83. The molecule has 120 valence electrons. The van der Waals surface area contributed by atoms with Crippen LogP contribution < -0.4 is 4.90 Å². The van der Waals surface area contributed by atoms with E-state index in [9.17, 15) is 15.0 Å². The number of hydrogen-bond donors (Lipinski definition) is 2. The Hall–Kier alpha value is -1.77. The van der Waals surface area contributed by atoms with E-state index in [2.05, 4.69) is 9.97 Å². The number of esters is 1. The highest BCUT2D eigenvalue weighted by Crippen LogP contribution is 2.35. The van der Waals surface area contributed by atoms with E-state index in [1.807, 2.05) is 6.92 Å². The van der Waals surface area contributed by atoms with Gasteiger partial charge >= 0.3 is 5.97 Å². The van der Waals surface area contributed by atoms with Gasteiger partial charge in [-0.1, -0.05) is 0 Å². The summed E-state index contributed by atoms with van der Waals surface area (Å²) in [6.07, 6.45) is 1.42. The van der Waals surface area contributed by atoms with E-state index < -0.39 is 0 Å². The lowest BCUT2D eigenvalue weighted by molar-refractivity contribution is 0.0531. The molecule has 7 nitrogen and oxygen atoms in total. The van der Waals surface area contributed by atoms with Gasteiger partial charge in [0.2, 0.25) is 0 Å². The molecule has 0 spiro atoms. The van der Waals surface area contributed by atoms with Crippen LogP contribution in [0.25, 0.3) is 10.2 Å². The first kappa shape index (κ1) is 16.6. The van der Waals surface area contributed by atoms with E-state index in [0.29, 0.717) is 35.2 Å². The second-order valence-electron chi connectivity index (χ2n) is 4.59. The molecule has 0 bridgehead atoms. The molecule has 0 atom stereocenters. The minimum atomic E-state index is -0.371. The summed E-state index contributed by atoms with van der Waals surface area (Å²) < 4.78 is 5.06. The highest BCUT2D eigenvalue weighted by Gasteiger charge is 2.22. The maximum atomic E-state index is 12.0. The molecule has 0 amide bonds. The Morgan fingerprint density at radius 3 is 2.59 bits per heavy atom. The number of ether oxygens (including phenoxy) is 1. The van der Waals surface area contributed by atoms with Crippen LogP contribution >= 0.6 is 11.3 Å². The van der Waals surface area contributed by atoms with Gasteiger partial charge in [-0.3, -0.25) is 0 Å². The maximum Gasteiger partial charge on any atom is 0.348 e. The fourth-order valence-electron chi connectivity index (χ4n) is 2.25. The number of aliphatic hydroxyl groups is 2. The number of aliphatic hydroxyl groups excluding tert-OH is 2. The molecule has 0 aliphatic carbocycles. The summed E-state index contributed by atoms with van der Waals surface area (Å²) in [5.41, 5.74) is 0.759. The normalized spacial score (nSPS) is 10.9. The molecule has 0 radical (unpaired) electrons. The number of fused-ring (bicyclic) bond motifs is 1. The minimum Gasteiger partial charge on any atom is -0.462 e. The summed E-state index contributed by atoms with van der Waals surface area (Å²) in [7, 11) is 0. The molecule has 0 aliphatic heterocycles. The summed E-state index contributed by atoms with van der Waals surface area (Å²) in [5.74, 6) is 0.238. The van der Waals surface area contributed by atoms with Crippen molar-refractivity contribution in [1.82, 2.24) is 9.97 Å². The van der Waals surface area contributed by atoms with Crippen LogP contribution in [-0.4, -0.2) is 59.1 Å². The number of aryl methyl sites for hydroxylation is 1. The molecule has 0 aromatic carbocycles. The van der Waals surface area contributed by atoms with Crippen LogP contribution in [0.3, 0.4) is 0 Å². The van der Waals surface area contributed by atoms with Gasteiger partial charge in [0, 0.05) is 13.1 Å². The van der Waals surface area contributed by atoms with Gasteiger partial charge in [0.15, 0.2) is 0 Å². The van der Waals surface area contributed by atoms with Crippen LogP contribution in [-0.2, 0) is 4.74 Å².